The van der Waals surface area contributed by atoms with Crippen LogP contribution in [0.3, 0.4) is 0 Å². The van der Waals surface area contributed by atoms with Gasteiger partial charge >= 0.3 is 0 Å². The number of nitrogens with one attached hydrogen (secondary N) is 1. The van der Waals surface area contributed by atoms with Crippen molar-refractivity contribution in [2.45, 2.75) is 57.8 Å². The lowest BCUT2D eigenvalue weighted by Crippen LogP contribution is -2.34. The first-order valence-corrected chi connectivity index (χ1v) is 10.2. The van der Waals surface area contributed by atoms with Gasteiger partial charge in [-0.3, -0.25) is 4.79 Å². The number of carbonyl (C=O) groups excluding carboxylic acids is 1. The van der Waals surface area contributed by atoms with Crippen molar-refractivity contribution in [3.63, 3.8) is 0 Å². The number of hydrogen-bond donors (Lipinski definition) is 2. The Morgan fingerprint density at radius 1 is 1.19 bits per heavy atom. The molecule has 148 valence electrons. The summed E-state index contributed by atoms with van der Waals surface area (Å²) in [6.07, 6.45) is 8.94. The van der Waals surface area contributed by atoms with E-state index in [1.165, 1.54) is 25.7 Å². The number of hydrogen-bond acceptors (Lipinski definition) is 4. The van der Waals surface area contributed by atoms with E-state index in [0.717, 1.165) is 24.8 Å². The summed E-state index contributed by atoms with van der Waals surface area (Å²) < 4.78 is 11.7. The number of allylic oxidation sites excluding steroid dienone is 1. The minimum atomic E-state index is -0.378. The fraction of sp³-hybridized carbons (Fsp3) is 0.591. The van der Waals surface area contributed by atoms with Crippen LogP contribution in [0, 0.1) is 11.8 Å². The maximum atomic E-state index is 12.7. The molecule has 1 aliphatic carbocycles. The van der Waals surface area contributed by atoms with Crippen LogP contribution in [0.2, 0.25) is 0 Å². The Balaban J connectivity index is 1.59. The molecule has 1 saturated carbocycles. The molecule has 27 heavy (non-hydrogen) atoms. The van der Waals surface area contributed by atoms with Crippen LogP contribution in [0.25, 0.3) is 0 Å². The molecule has 2 N–H and O–H groups in total. The van der Waals surface area contributed by atoms with E-state index in [-0.39, 0.29) is 18.8 Å². The van der Waals surface area contributed by atoms with Crippen LogP contribution in [0.15, 0.2) is 42.2 Å². The van der Waals surface area contributed by atoms with Crippen LogP contribution in [0.5, 0.6) is 0 Å². The molecule has 5 nitrogen and oxygen atoms in total. The predicted octanol–water partition coefficient (Wildman–Crippen LogP) is 3.53. The second kappa shape index (κ2) is 10.5. The number of benzene rings is 1. The Morgan fingerprint density at radius 2 is 1.96 bits per heavy atom. The van der Waals surface area contributed by atoms with Crippen LogP contribution in [-0.4, -0.2) is 30.5 Å². The van der Waals surface area contributed by atoms with E-state index in [0.29, 0.717) is 30.7 Å². The Bertz CT molecular complexity index is 610. The highest BCUT2D eigenvalue weighted by molar-refractivity contribution is 5.91. The van der Waals surface area contributed by atoms with Gasteiger partial charge in [0.15, 0.2) is 5.76 Å². The van der Waals surface area contributed by atoms with E-state index >= 15 is 0 Å². The maximum Gasteiger partial charge on any atom is 0.286 e. The second-order valence-electron chi connectivity index (χ2n) is 7.49. The summed E-state index contributed by atoms with van der Waals surface area (Å²) in [5.74, 6) is 1.17. The summed E-state index contributed by atoms with van der Waals surface area (Å²) >= 11 is 0. The highest BCUT2D eigenvalue weighted by Crippen LogP contribution is 2.38. The number of carbonyl (C=O) groups is 1. The zero-order chi connectivity index (χ0) is 18.9. The molecular weight excluding hydrogens is 342 g/mol. The summed E-state index contributed by atoms with van der Waals surface area (Å²) in [6.45, 7) is 1.20. The number of aliphatic hydroxyl groups is 1. The van der Waals surface area contributed by atoms with Crippen LogP contribution >= 0.6 is 0 Å². The molecule has 0 radical (unpaired) electrons. The van der Waals surface area contributed by atoms with Gasteiger partial charge in [-0.25, -0.2) is 0 Å². The minimum absolute atomic E-state index is 0.173. The fourth-order valence-electron chi connectivity index (χ4n) is 3.95. The van der Waals surface area contributed by atoms with Gasteiger partial charge < -0.3 is 19.9 Å². The van der Waals surface area contributed by atoms with Crippen LogP contribution < -0.4 is 5.32 Å². The van der Waals surface area contributed by atoms with E-state index in [2.05, 4.69) is 5.32 Å². The van der Waals surface area contributed by atoms with Crippen LogP contribution in [0.1, 0.15) is 50.5 Å². The average Bonchev–Trinajstić information content (AvgIpc) is 3.25. The van der Waals surface area contributed by atoms with Gasteiger partial charge in [-0.15, -0.1) is 0 Å². The summed E-state index contributed by atoms with van der Waals surface area (Å²) in [5.41, 5.74) is 1.06. The summed E-state index contributed by atoms with van der Waals surface area (Å²) in [4.78, 5) is 12.7. The SMILES string of the molecule is O=C(NCc1ccccc1)C1=C[C@H](C2CCCC2)C[C@H](OCCCCO)O1. The molecule has 1 heterocycles. The Hall–Kier alpha value is -1.85. The molecule has 1 fully saturated rings. The number of rotatable bonds is 9. The molecule has 1 aromatic rings. The normalized spacial score (nSPS) is 22.9. The lowest BCUT2D eigenvalue weighted by molar-refractivity contribution is -0.151. The van der Waals surface area contributed by atoms with Gasteiger partial charge in [0.25, 0.3) is 5.91 Å². The summed E-state index contributed by atoms with van der Waals surface area (Å²) in [5, 5.41) is 11.9. The molecule has 0 unspecified atom stereocenters. The largest absolute Gasteiger partial charge is 0.459 e. The molecule has 1 aliphatic heterocycles. The number of ether oxygens (including phenoxy) is 2. The molecule has 0 spiro atoms. The third kappa shape index (κ3) is 6.08. The Morgan fingerprint density at radius 3 is 2.70 bits per heavy atom. The van der Waals surface area contributed by atoms with Crippen molar-refractivity contribution in [3.05, 3.63) is 47.7 Å². The van der Waals surface area contributed by atoms with Gasteiger partial charge in [0.2, 0.25) is 6.29 Å². The lowest BCUT2D eigenvalue weighted by atomic mass is 9.86. The molecule has 2 atom stereocenters. The second-order valence-corrected chi connectivity index (χ2v) is 7.49. The molecule has 3 rings (SSSR count). The third-order valence-electron chi connectivity index (χ3n) is 5.47. The van der Waals surface area contributed by atoms with Crippen molar-refractivity contribution < 1.29 is 19.4 Å². The molecule has 5 heteroatoms. The molecule has 1 amide bonds. The molecular formula is C22H31NO4. The maximum absolute atomic E-state index is 12.7. The quantitative estimate of drug-likeness (QED) is 0.650. The molecule has 0 bridgehead atoms. The average molecular weight is 373 g/mol. The highest BCUT2D eigenvalue weighted by atomic mass is 16.7. The molecule has 0 aromatic heterocycles. The zero-order valence-electron chi connectivity index (χ0n) is 15.9. The number of aliphatic hydroxyl groups excluding tert-OH is 1. The topological polar surface area (TPSA) is 67.8 Å². The van der Waals surface area contributed by atoms with E-state index in [9.17, 15) is 4.79 Å². The van der Waals surface area contributed by atoms with E-state index in [1.54, 1.807) is 0 Å². The highest BCUT2D eigenvalue weighted by Gasteiger charge is 2.33. The standard InChI is InChI=1S/C22H31NO4/c24-12-6-7-13-26-21-15-19(18-10-4-5-11-18)14-20(27-21)22(25)23-16-17-8-2-1-3-9-17/h1-3,8-9,14,18-19,21,24H,4-7,10-13,15-16H2,(H,23,25)/t19-,21+/m0/s1. The first-order chi connectivity index (χ1) is 13.3. The fourth-order valence-corrected chi connectivity index (χ4v) is 3.95. The van der Waals surface area contributed by atoms with Crippen molar-refractivity contribution in [1.82, 2.24) is 5.32 Å². The van der Waals surface area contributed by atoms with E-state index in [4.69, 9.17) is 14.6 Å². The van der Waals surface area contributed by atoms with Crippen molar-refractivity contribution >= 4 is 5.91 Å². The molecule has 1 aromatic carbocycles. The monoisotopic (exact) mass is 373 g/mol. The zero-order valence-corrected chi connectivity index (χ0v) is 15.9. The first-order valence-electron chi connectivity index (χ1n) is 10.2. The van der Waals surface area contributed by atoms with Crippen molar-refractivity contribution in [3.8, 4) is 0 Å². The van der Waals surface area contributed by atoms with Gasteiger partial charge in [0.1, 0.15) is 0 Å². The van der Waals surface area contributed by atoms with E-state index in [1.807, 2.05) is 36.4 Å². The van der Waals surface area contributed by atoms with Gasteiger partial charge in [-0.1, -0.05) is 43.2 Å². The first kappa shape index (κ1) is 19.9. The summed E-state index contributed by atoms with van der Waals surface area (Å²) in [6, 6.07) is 9.87. The Kier molecular flexibility index (Phi) is 7.72. The smallest absolute Gasteiger partial charge is 0.286 e. The predicted molar refractivity (Wildman–Crippen MR) is 104 cm³/mol. The molecule has 0 saturated heterocycles. The van der Waals surface area contributed by atoms with Gasteiger partial charge in [0.05, 0.1) is 6.61 Å². The van der Waals surface area contributed by atoms with Crippen molar-refractivity contribution in [1.29, 1.82) is 0 Å². The Labute approximate surface area is 161 Å². The van der Waals surface area contributed by atoms with E-state index < -0.39 is 0 Å². The van der Waals surface area contributed by atoms with Crippen LogP contribution in [0.4, 0.5) is 0 Å². The van der Waals surface area contributed by atoms with Gasteiger partial charge in [-0.05, 0) is 49.2 Å². The lowest BCUT2D eigenvalue weighted by Gasteiger charge is -2.32. The number of amides is 1. The molecule has 2 aliphatic rings. The van der Waals surface area contributed by atoms with Crippen LogP contribution in [-0.2, 0) is 20.8 Å². The van der Waals surface area contributed by atoms with Crippen molar-refractivity contribution in [2.24, 2.45) is 11.8 Å². The summed E-state index contributed by atoms with van der Waals surface area (Å²) in [7, 11) is 0. The number of unbranched alkanes of at least 4 members (excludes halogenated alkanes) is 1. The third-order valence-corrected chi connectivity index (χ3v) is 5.47. The van der Waals surface area contributed by atoms with Gasteiger partial charge in [-0.2, -0.15) is 0 Å². The van der Waals surface area contributed by atoms with Gasteiger partial charge in [0, 0.05) is 19.6 Å². The van der Waals surface area contributed by atoms with Crippen molar-refractivity contribution in [2.75, 3.05) is 13.2 Å². The minimum Gasteiger partial charge on any atom is -0.459 e.